The number of piperidine rings is 1. The quantitative estimate of drug-likeness (QED) is 0.393. The lowest BCUT2D eigenvalue weighted by atomic mass is 10.1. The second kappa shape index (κ2) is 9.75. The van der Waals surface area contributed by atoms with E-state index in [-0.39, 0.29) is 17.9 Å². The van der Waals surface area contributed by atoms with Gasteiger partial charge in [-0.2, -0.15) is 0 Å². The first kappa shape index (κ1) is 21.1. The fourth-order valence-corrected chi connectivity index (χ4v) is 4.05. The van der Waals surface area contributed by atoms with Crippen molar-refractivity contribution in [1.29, 1.82) is 0 Å². The summed E-state index contributed by atoms with van der Waals surface area (Å²) in [6, 6.07) is 14.7. The van der Waals surface area contributed by atoms with Gasteiger partial charge in [-0.1, -0.05) is 0 Å². The van der Waals surface area contributed by atoms with Gasteiger partial charge in [0.2, 0.25) is 0 Å². The summed E-state index contributed by atoms with van der Waals surface area (Å²) in [5.41, 5.74) is 4.97. The second-order valence-electron chi connectivity index (χ2n) is 7.49. The minimum atomic E-state index is -0.310. The maximum atomic E-state index is 12.5. The third kappa shape index (κ3) is 5.49. The average molecular weight is 437 g/mol. The minimum absolute atomic E-state index is 0.0660. The van der Waals surface area contributed by atoms with Crippen molar-refractivity contribution in [2.24, 2.45) is 0 Å². The topological polar surface area (TPSA) is 68.7 Å². The maximum absolute atomic E-state index is 12.5. The molecule has 160 valence electrons. The number of carbonyl (C=O) groups is 2. The molecule has 1 saturated heterocycles. The maximum Gasteiger partial charge on any atom is 0.338 e. The molecule has 4 rings (SSSR count). The second-order valence-corrected chi connectivity index (χ2v) is 8.21. The first-order valence-corrected chi connectivity index (χ1v) is 11.2. The van der Waals surface area contributed by atoms with E-state index in [1.165, 1.54) is 11.3 Å². The van der Waals surface area contributed by atoms with Crippen LogP contribution in [0, 0.1) is 0 Å². The summed E-state index contributed by atoms with van der Waals surface area (Å²) in [6.07, 6.45) is 1.45. The summed E-state index contributed by atoms with van der Waals surface area (Å²) in [5, 5.41) is 1.94. The number of ether oxygens (including phenoxy) is 2. The molecule has 1 aromatic heterocycles. The standard InChI is InChI=1S/C24H24N2O4S/c1-17(27)18-2-6-21(7-3-18)26-12-10-23(11-13-26)30-24(28)19-4-8-22(9-5-19)29-14-20-15-31-16-25-20/h2-9,15-16,23H,10-14H2,1H3. The molecule has 0 aliphatic carbocycles. The molecule has 31 heavy (non-hydrogen) atoms. The molecule has 6 nitrogen and oxygen atoms in total. The summed E-state index contributed by atoms with van der Waals surface area (Å²) >= 11 is 1.53. The Labute approximate surface area is 185 Å². The van der Waals surface area contributed by atoms with Crippen LogP contribution >= 0.6 is 11.3 Å². The number of rotatable bonds is 7. The van der Waals surface area contributed by atoms with Crippen molar-refractivity contribution >= 4 is 28.8 Å². The van der Waals surface area contributed by atoms with E-state index in [0.29, 0.717) is 23.5 Å². The fourth-order valence-electron chi connectivity index (χ4n) is 3.51. The number of nitrogens with zero attached hydrogens (tertiary/aromatic N) is 2. The number of aromatic nitrogens is 1. The number of thiazole rings is 1. The van der Waals surface area contributed by atoms with Crippen LogP contribution in [-0.2, 0) is 11.3 Å². The Bertz CT molecular complexity index is 1010. The molecule has 3 aromatic rings. The highest BCUT2D eigenvalue weighted by Gasteiger charge is 2.23. The third-order valence-corrected chi connectivity index (χ3v) is 5.95. The molecule has 0 amide bonds. The van der Waals surface area contributed by atoms with Crippen LogP contribution in [0.3, 0.4) is 0 Å². The van der Waals surface area contributed by atoms with E-state index in [9.17, 15) is 9.59 Å². The van der Waals surface area contributed by atoms with Crippen LogP contribution < -0.4 is 9.64 Å². The van der Waals surface area contributed by atoms with Gasteiger partial charge in [-0.15, -0.1) is 11.3 Å². The van der Waals surface area contributed by atoms with Crippen LogP contribution in [-0.4, -0.2) is 35.9 Å². The zero-order valence-corrected chi connectivity index (χ0v) is 18.1. The Balaban J connectivity index is 1.25. The molecule has 1 aliphatic rings. The van der Waals surface area contributed by atoms with Crippen molar-refractivity contribution in [3.8, 4) is 5.75 Å². The van der Waals surface area contributed by atoms with E-state index in [2.05, 4.69) is 9.88 Å². The largest absolute Gasteiger partial charge is 0.487 e. The Morgan fingerprint density at radius 2 is 1.71 bits per heavy atom. The molecule has 0 unspecified atom stereocenters. The lowest BCUT2D eigenvalue weighted by Crippen LogP contribution is -2.37. The van der Waals surface area contributed by atoms with E-state index < -0.39 is 0 Å². The zero-order chi connectivity index (χ0) is 21.6. The smallest absolute Gasteiger partial charge is 0.338 e. The normalized spacial score (nSPS) is 14.3. The number of anilines is 1. The van der Waals surface area contributed by atoms with Gasteiger partial charge in [-0.25, -0.2) is 9.78 Å². The lowest BCUT2D eigenvalue weighted by Gasteiger charge is -2.33. The van der Waals surface area contributed by atoms with Crippen LogP contribution in [0.1, 0.15) is 46.2 Å². The molecule has 1 fully saturated rings. The Morgan fingerprint density at radius 3 is 2.32 bits per heavy atom. The fraction of sp³-hybridized carbons (Fsp3) is 0.292. The van der Waals surface area contributed by atoms with E-state index in [1.807, 2.05) is 29.6 Å². The highest BCUT2D eigenvalue weighted by Crippen LogP contribution is 2.23. The van der Waals surface area contributed by atoms with Crippen molar-refractivity contribution in [2.45, 2.75) is 32.5 Å². The molecular weight excluding hydrogens is 412 g/mol. The van der Waals surface area contributed by atoms with E-state index >= 15 is 0 Å². The number of hydrogen-bond acceptors (Lipinski definition) is 7. The van der Waals surface area contributed by atoms with Gasteiger partial charge in [0.25, 0.3) is 0 Å². The van der Waals surface area contributed by atoms with Crippen LogP contribution in [0.4, 0.5) is 5.69 Å². The number of Topliss-reactive ketones (excluding diaryl/α,β-unsaturated/α-hetero) is 1. The Hall–Kier alpha value is -3.19. The van der Waals surface area contributed by atoms with Gasteiger partial charge in [0, 0.05) is 42.6 Å². The summed E-state index contributed by atoms with van der Waals surface area (Å²) in [7, 11) is 0. The van der Waals surface area contributed by atoms with E-state index in [0.717, 1.165) is 37.3 Å². The molecule has 0 atom stereocenters. The zero-order valence-electron chi connectivity index (χ0n) is 17.3. The van der Waals surface area contributed by atoms with Gasteiger partial charge < -0.3 is 14.4 Å². The first-order chi connectivity index (χ1) is 15.1. The van der Waals surface area contributed by atoms with Gasteiger partial charge in [-0.3, -0.25) is 4.79 Å². The molecule has 0 bridgehead atoms. The SMILES string of the molecule is CC(=O)c1ccc(N2CCC(OC(=O)c3ccc(OCc4cscn4)cc3)CC2)cc1. The van der Waals surface area contributed by atoms with Crippen molar-refractivity contribution in [1.82, 2.24) is 4.98 Å². The van der Waals surface area contributed by atoms with Gasteiger partial charge in [0.15, 0.2) is 5.78 Å². The molecule has 0 radical (unpaired) electrons. The molecule has 2 heterocycles. The summed E-state index contributed by atoms with van der Waals surface area (Å²) in [5.74, 6) is 0.445. The van der Waals surface area contributed by atoms with E-state index in [4.69, 9.17) is 9.47 Å². The number of ketones is 1. The van der Waals surface area contributed by atoms with Gasteiger partial charge in [0.1, 0.15) is 18.5 Å². The summed E-state index contributed by atoms with van der Waals surface area (Å²) in [4.78, 5) is 30.4. The number of benzene rings is 2. The molecule has 7 heteroatoms. The van der Waals surface area contributed by atoms with E-state index in [1.54, 1.807) is 36.7 Å². The molecule has 1 aliphatic heterocycles. The molecule has 0 saturated carbocycles. The van der Waals surface area contributed by atoms with Crippen molar-refractivity contribution < 1.29 is 19.1 Å². The Kier molecular flexibility index (Phi) is 6.62. The lowest BCUT2D eigenvalue weighted by molar-refractivity contribution is 0.0245. The summed E-state index contributed by atoms with van der Waals surface area (Å²) < 4.78 is 11.4. The highest BCUT2D eigenvalue weighted by atomic mass is 32.1. The van der Waals surface area contributed by atoms with Gasteiger partial charge in [-0.05, 0) is 55.5 Å². The number of carbonyl (C=O) groups excluding carboxylic acids is 2. The number of hydrogen-bond donors (Lipinski definition) is 0. The summed E-state index contributed by atoms with van der Waals surface area (Å²) in [6.45, 7) is 3.59. The van der Waals surface area contributed by atoms with Crippen molar-refractivity contribution in [2.75, 3.05) is 18.0 Å². The van der Waals surface area contributed by atoms with Crippen LogP contribution in [0.25, 0.3) is 0 Å². The molecule has 2 aromatic carbocycles. The number of esters is 1. The van der Waals surface area contributed by atoms with Gasteiger partial charge >= 0.3 is 5.97 Å². The highest BCUT2D eigenvalue weighted by molar-refractivity contribution is 7.07. The van der Waals surface area contributed by atoms with Crippen molar-refractivity contribution in [3.05, 3.63) is 76.2 Å². The molecule has 0 spiro atoms. The molecular formula is C24H24N2O4S. The van der Waals surface area contributed by atoms with Gasteiger partial charge in [0.05, 0.1) is 16.8 Å². The van der Waals surface area contributed by atoms with Crippen LogP contribution in [0.2, 0.25) is 0 Å². The Morgan fingerprint density at radius 1 is 1.03 bits per heavy atom. The predicted octanol–water partition coefficient (Wildman–Crippen LogP) is 4.75. The molecule has 0 N–H and O–H groups in total. The average Bonchev–Trinajstić information content (AvgIpc) is 3.32. The van der Waals surface area contributed by atoms with Crippen LogP contribution in [0.5, 0.6) is 5.75 Å². The monoisotopic (exact) mass is 436 g/mol. The minimum Gasteiger partial charge on any atom is -0.487 e. The van der Waals surface area contributed by atoms with Crippen LogP contribution in [0.15, 0.2) is 59.4 Å². The first-order valence-electron chi connectivity index (χ1n) is 10.3. The third-order valence-electron chi connectivity index (χ3n) is 5.31. The van der Waals surface area contributed by atoms with Crippen molar-refractivity contribution in [3.63, 3.8) is 0 Å². The predicted molar refractivity (Wildman–Crippen MR) is 120 cm³/mol.